The first-order valence-corrected chi connectivity index (χ1v) is 8.54. The Labute approximate surface area is 146 Å². The average molecular weight is 351 g/mol. The van der Waals surface area contributed by atoms with Crippen LogP contribution in [-0.2, 0) is 11.3 Å². The molecule has 3 rings (SSSR count). The highest BCUT2D eigenvalue weighted by Gasteiger charge is 2.26. The summed E-state index contributed by atoms with van der Waals surface area (Å²) in [6.07, 6.45) is -0.0523. The standard InChI is InChI=1S/C18H20Cl2N2O/c19-15-7-6-14(10-16(15)20)18-17(12-21-8-9-23-18)22-11-13-4-2-1-3-5-13/h1-7,10,17-18,21-22H,8-9,11-12H2/t17?,18-/m0/s1. The molecule has 2 aromatic carbocycles. The zero-order valence-electron chi connectivity index (χ0n) is 12.8. The van der Waals surface area contributed by atoms with Gasteiger partial charge in [-0.05, 0) is 23.3 Å². The minimum absolute atomic E-state index is 0.0523. The summed E-state index contributed by atoms with van der Waals surface area (Å²) in [5.41, 5.74) is 2.30. The van der Waals surface area contributed by atoms with E-state index in [1.807, 2.05) is 24.3 Å². The van der Waals surface area contributed by atoms with Crippen LogP contribution in [0.2, 0.25) is 10.0 Å². The molecule has 1 unspecified atom stereocenters. The number of hydrogen-bond acceptors (Lipinski definition) is 3. The molecule has 0 bridgehead atoms. The van der Waals surface area contributed by atoms with Crippen molar-refractivity contribution < 1.29 is 4.74 Å². The molecule has 2 aromatic rings. The molecule has 1 fully saturated rings. The lowest BCUT2D eigenvalue weighted by molar-refractivity contribution is 0.0435. The Kier molecular flexibility index (Phi) is 5.92. The van der Waals surface area contributed by atoms with Gasteiger partial charge in [0, 0.05) is 19.6 Å². The second-order valence-corrected chi connectivity index (χ2v) is 6.46. The second kappa shape index (κ2) is 8.13. The summed E-state index contributed by atoms with van der Waals surface area (Å²) in [5, 5.41) is 8.14. The van der Waals surface area contributed by atoms with Gasteiger partial charge in [-0.25, -0.2) is 0 Å². The van der Waals surface area contributed by atoms with Crippen molar-refractivity contribution in [3.05, 3.63) is 69.7 Å². The molecule has 5 heteroatoms. The third-order valence-corrected chi connectivity index (χ3v) is 4.73. The van der Waals surface area contributed by atoms with Gasteiger partial charge in [0.15, 0.2) is 0 Å². The summed E-state index contributed by atoms with van der Waals surface area (Å²) in [6.45, 7) is 3.17. The van der Waals surface area contributed by atoms with Gasteiger partial charge in [-0.3, -0.25) is 0 Å². The van der Waals surface area contributed by atoms with Gasteiger partial charge in [-0.2, -0.15) is 0 Å². The first kappa shape index (κ1) is 16.7. The lowest BCUT2D eigenvalue weighted by Crippen LogP contribution is -2.41. The minimum atomic E-state index is -0.0523. The van der Waals surface area contributed by atoms with Gasteiger partial charge in [0.2, 0.25) is 0 Å². The Bertz CT molecular complexity index is 636. The van der Waals surface area contributed by atoms with Crippen LogP contribution in [0.15, 0.2) is 48.5 Å². The molecule has 0 saturated carbocycles. The Balaban J connectivity index is 1.75. The van der Waals surface area contributed by atoms with Crippen LogP contribution in [0.3, 0.4) is 0 Å². The summed E-state index contributed by atoms with van der Waals surface area (Å²) in [7, 11) is 0. The van der Waals surface area contributed by atoms with Crippen molar-refractivity contribution in [2.45, 2.75) is 18.7 Å². The fraction of sp³-hybridized carbons (Fsp3) is 0.333. The average Bonchev–Trinajstić information content (AvgIpc) is 2.82. The third kappa shape index (κ3) is 4.46. The highest BCUT2D eigenvalue weighted by atomic mass is 35.5. The topological polar surface area (TPSA) is 33.3 Å². The van der Waals surface area contributed by atoms with E-state index in [9.17, 15) is 0 Å². The molecule has 0 aromatic heterocycles. The van der Waals surface area contributed by atoms with Crippen molar-refractivity contribution in [2.24, 2.45) is 0 Å². The zero-order valence-corrected chi connectivity index (χ0v) is 14.3. The summed E-state index contributed by atoms with van der Waals surface area (Å²) >= 11 is 12.2. The quantitative estimate of drug-likeness (QED) is 0.879. The van der Waals surface area contributed by atoms with E-state index in [0.717, 1.165) is 25.2 Å². The molecule has 2 atom stereocenters. The maximum Gasteiger partial charge on any atom is 0.0991 e. The van der Waals surface area contributed by atoms with Crippen molar-refractivity contribution in [3.8, 4) is 0 Å². The number of hydrogen-bond donors (Lipinski definition) is 2. The number of halogens is 2. The number of ether oxygens (including phenoxy) is 1. The molecule has 2 N–H and O–H groups in total. The maximum atomic E-state index is 6.17. The van der Waals surface area contributed by atoms with Crippen molar-refractivity contribution in [3.63, 3.8) is 0 Å². The van der Waals surface area contributed by atoms with Crippen LogP contribution in [0, 0.1) is 0 Å². The monoisotopic (exact) mass is 350 g/mol. The molecular formula is C18H20Cl2N2O. The second-order valence-electron chi connectivity index (χ2n) is 5.64. The van der Waals surface area contributed by atoms with Crippen LogP contribution < -0.4 is 10.6 Å². The summed E-state index contributed by atoms with van der Waals surface area (Å²) in [4.78, 5) is 0. The van der Waals surface area contributed by atoms with Gasteiger partial charge in [0.05, 0.1) is 28.8 Å². The van der Waals surface area contributed by atoms with Crippen molar-refractivity contribution in [2.75, 3.05) is 19.7 Å². The molecule has 1 saturated heterocycles. The predicted molar refractivity (Wildman–Crippen MR) is 95.1 cm³/mol. The van der Waals surface area contributed by atoms with Crippen LogP contribution in [0.1, 0.15) is 17.2 Å². The van der Waals surface area contributed by atoms with Gasteiger partial charge < -0.3 is 15.4 Å². The van der Waals surface area contributed by atoms with E-state index in [2.05, 4.69) is 34.9 Å². The van der Waals surface area contributed by atoms with E-state index in [0.29, 0.717) is 16.7 Å². The molecule has 0 aliphatic carbocycles. The van der Waals surface area contributed by atoms with E-state index in [4.69, 9.17) is 27.9 Å². The molecule has 0 spiro atoms. The fourth-order valence-corrected chi connectivity index (χ4v) is 3.09. The lowest BCUT2D eigenvalue weighted by Gasteiger charge is -2.26. The molecule has 3 nitrogen and oxygen atoms in total. The van der Waals surface area contributed by atoms with Gasteiger partial charge in [0.25, 0.3) is 0 Å². The lowest BCUT2D eigenvalue weighted by atomic mass is 10.0. The van der Waals surface area contributed by atoms with E-state index in [-0.39, 0.29) is 12.1 Å². The number of nitrogens with one attached hydrogen (secondary N) is 2. The SMILES string of the molecule is Clc1ccc([C@@H]2OCCNCC2NCc2ccccc2)cc1Cl. The minimum Gasteiger partial charge on any atom is -0.371 e. The van der Waals surface area contributed by atoms with E-state index in [1.165, 1.54) is 5.56 Å². The predicted octanol–water partition coefficient (Wildman–Crippen LogP) is 3.81. The van der Waals surface area contributed by atoms with Crippen LogP contribution in [-0.4, -0.2) is 25.7 Å². The van der Waals surface area contributed by atoms with Gasteiger partial charge in [-0.15, -0.1) is 0 Å². The summed E-state index contributed by atoms with van der Waals surface area (Å²) in [5.74, 6) is 0. The smallest absolute Gasteiger partial charge is 0.0991 e. The van der Waals surface area contributed by atoms with Gasteiger partial charge >= 0.3 is 0 Å². The van der Waals surface area contributed by atoms with Crippen LogP contribution in [0.5, 0.6) is 0 Å². The summed E-state index contributed by atoms with van der Waals surface area (Å²) < 4.78 is 6.06. The molecule has 1 heterocycles. The maximum absolute atomic E-state index is 6.17. The third-order valence-electron chi connectivity index (χ3n) is 3.99. The molecule has 23 heavy (non-hydrogen) atoms. The Morgan fingerprint density at radius 1 is 1.09 bits per heavy atom. The van der Waals surface area contributed by atoms with Crippen LogP contribution in [0.25, 0.3) is 0 Å². The first-order valence-electron chi connectivity index (χ1n) is 7.78. The highest BCUT2D eigenvalue weighted by Crippen LogP contribution is 2.29. The first-order chi connectivity index (χ1) is 11.2. The Morgan fingerprint density at radius 3 is 2.70 bits per heavy atom. The van der Waals surface area contributed by atoms with Crippen LogP contribution in [0.4, 0.5) is 0 Å². The molecule has 0 amide bonds. The number of benzene rings is 2. The molecule has 122 valence electrons. The molecule has 1 aliphatic heterocycles. The van der Waals surface area contributed by atoms with E-state index < -0.39 is 0 Å². The Hall–Kier alpha value is -1.10. The fourth-order valence-electron chi connectivity index (χ4n) is 2.78. The van der Waals surface area contributed by atoms with Crippen LogP contribution >= 0.6 is 23.2 Å². The van der Waals surface area contributed by atoms with Gasteiger partial charge in [0.1, 0.15) is 0 Å². The van der Waals surface area contributed by atoms with Crippen molar-refractivity contribution in [1.29, 1.82) is 0 Å². The molecule has 0 radical (unpaired) electrons. The summed E-state index contributed by atoms with van der Waals surface area (Å²) in [6, 6.07) is 16.2. The zero-order chi connectivity index (χ0) is 16.1. The number of rotatable bonds is 4. The highest BCUT2D eigenvalue weighted by molar-refractivity contribution is 6.42. The molecular weight excluding hydrogens is 331 g/mol. The van der Waals surface area contributed by atoms with Crippen molar-refractivity contribution >= 4 is 23.2 Å². The van der Waals surface area contributed by atoms with E-state index >= 15 is 0 Å². The Morgan fingerprint density at radius 2 is 1.91 bits per heavy atom. The normalized spacial score (nSPS) is 21.8. The van der Waals surface area contributed by atoms with E-state index in [1.54, 1.807) is 0 Å². The van der Waals surface area contributed by atoms with Crippen molar-refractivity contribution in [1.82, 2.24) is 10.6 Å². The molecule has 1 aliphatic rings. The van der Waals surface area contributed by atoms with Gasteiger partial charge in [-0.1, -0.05) is 59.6 Å². The largest absolute Gasteiger partial charge is 0.371 e.